The molecule has 0 saturated carbocycles. The van der Waals surface area contributed by atoms with Crippen LogP contribution in [0.3, 0.4) is 0 Å². The van der Waals surface area contributed by atoms with Crippen molar-refractivity contribution in [3.63, 3.8) is 0 Å². The lowest BCUT2D eigenvalue weighted by Gasteiger charge is -2.39. The summed E-state index contributed by atoms with van der Waals surface area (Å²) in [6, 6.07) is 9.80. The van der Waals surface area contributed by atoms with Gasteiger partial charge in [-0.3, -0.25) is 14.6 Å². The minimum atomic E-state index is -0.494. The van der Waals surface area contributed by atoms with Crippen molar-refractivity contribution in [1.29, 1.82) is 0 Å². The number of rotatable bonds is 8. The fraction of sp³-hybridized carbons (Fsp3) is 0.387. The number of ether oxygens (including phenoxy) is 2. The second kappa shape index (κ2) is 11.1. The number of nitrogens with zero attached hydrogens (tertiary/aromatic N) is 5. The Morgan fingerprint density at radius 2 is 1.81 bits per heavy atom. The number of Topliss-reactive ketones (excluding diaryl/α,β-unsaturated/α-hetero) is 1. The molecule has 2 aliphatic heterocycles. The minimum Gasteiger partial charge on any atom is -0.496 e. The molecule has 0 radical (unpaired) electrons. The molecule has 218 valence electrons. The largest absolute Gasteiger partial charge is 0.496 e. The first kappa shape index (κ1) is 27.8. The van der Waals surface area contributed by atoms with E-state index in [4.69, 9.17) is 25.2 Å². The predicted molar refractivity (Wildman–Crippen MR) is 156 cm³/mol. The molecule has 5 heterocycles. The number of aliphatic hydroxyl groups is 1. The molecule has 1 amide bonds. The van der Waals surface area contributed by atoms with E-state index in [2.05, 4.69) is 5.10 Å². The average Bonchev–Trinajstić information content (AvgIpc) is 3.54. The topological polar surface area (TPSA) is 145 Å². The summed E-state index contributed by atoms with van der Waals surface area (Å²) in [5.41, 5.74) is 12.4. The van der Waals surface area contributed by atoms with Crippen LogP contribution in [-0.4, -0.2) is 74.2 Å². The monoisotopic (exact) mass is 570 g/mol. The van der Waals surface area contributed by atoms with Crippen LogP contribution in [0.25, 0.3) is 28.0 Å². The number of fused-ring (bicyclic) bond motifs is 3. The summed E-state index contributed by atoms with van der Waals surface area (Å²) in [5.74, 6) is 0.550. The van der Waals surface area contributed by atoms with E-state index >= 15 is 0 Å². The number of ketones is 1. The number of benzene rings is 1. The number of nitrogens with two attached hydrogens (primary N) is 1. The van der Waals surface area contributed by atoms with Crippen molar-refractivity contribution in [1.82, 2.24) is 24.5 Å². The van der Waals surface area contributed by atoms with Gasteiger partial charge in [0.05, 0.1) is 36.9 Å². The van der Waals surface area contributed by atoms with Gasteiger partial charge in [-0.15, -0.1) is 0 Å². The van der Waals surface area contributed by atoms with E-state index in [-0.39, 0.29) is 35.5 Å². The van der Waals surface area contributed by atoms with E-state index in [1.165, 1.54) is 11.4 Å². The van der Waals surface area contributed by atoms with E-state index in [0.717, 1.165) is 46.5 Å². The van der Waals surface area contributed by atoms with Gasteiger partial charge >= 0.3 is 0 Å². The standard InChI is InChI=1S/C31H34N6O5/c1-17(39)28-29(20-11-22-6-7-23(12-20)36(22)27(40)15-38)35-31-24(14-34-37(31)30(28)32)19-4-8-25(33-13-19)18-5-9-26(42-3)21(10-18)16-41-2/h4-5,8-10,13-14,20,22-23,38H,6-7,11-12,15-16,32H2,1-3H3/t20-,22-,23+. The molecule has 2 saturated heterocycles. The number of hydrogen-bond acceptors (Lipinski definition) is 9. The Morgan fingerprint density at radius 1 is 1.07 bits per heavy atom. The molecule has 6 rings (SSSR count). The first-order chi connectivity index (χ1) is 20.3. The molecule has 0 unspecified atom stereocenters. The van der Waals surface area contributed by atoms with E-state index in [1.807, 2.05) is 35.2 Å². The van der Waals surface area contributed by atoms with Crippen LogP contribution in [0.1, 0.15) is 60.1 Å². The van der Waals surface area contributed by atoms with Gasteiger partial charge in [-0.1, -0.05) is 6.07 Å². The summed E-state index contributed by atoms with van der Waals surface area (Å²) < 4.78 is 12.3. The summed E-state index contributed by atoms with van der Waals surface area (Å²) in [7, 11) is 3.28. The number of pyridine rings is 1. The predicted octanol–water partition coefficient (Wildman–Crippen LogP) is 3.63. The number of carbonyl (C=O) groups excluding carboxylic acids is 2. The molecule has 2 aliphatic rings. The van der Waals surface area contributed by atoms with Gasteiger partial charge in [-0.2, -0.15) is 9.61 Å². The van der Waals surface area contributed by atoms with Crippen LogP contribution in [0.15, 0.2) is 42.7 Å². The summed E-state index contributed by atoms with van der Waals surface area (Å²) in [5, 5.41) is 14.0. The highest BCUT2D eigenvalue weighted by atomic mass is 16.5. The summed E-state index contributed by atoms with van der Waals surface area (Å²) in [6.07, 6.45) is 6.55. The Balaban J connectivity index is 1.37. The lowest BCUT2D eigenvalue weighted by molar-refractivity contribution is -0.138. The summed E-state index contributed by atoms with van der Waals surface area (Å²) in [6.45, 7) is 1.42. The zero-order valence-electron chi connectivity index (χ0n) is 23.9. The van der Waals surface area contributed by atoms with Gasteiger partial charge in [0.25, 0.3) is 0 Å². The van der Waals surface area contributed by atoms with Crippen LogP contribution >= 0.6 is 0 Å². The first-order valence-electron chi connectivity index (χ1n) is 14.1. The van der Waals surface area contributed by atoms with Crippen molar-refractivity contribution < 1.29 is 24.2 Å². The Hall–Kier alpha value is -4.35. The molecular formula is C31H34N6O5. The molecule has 1 aromatic carbocycles. The maximum absolute atomic E-state index is 12.8. The molecule has 0 spiro atoms. The Bertz CT molecular complexity index is 1650. The second-order valence-corrected chi connectivity index (χ2v) is 11.0. The normalized spacial score (nSPS) is 19.8. The number of piperidine rings is 1. The highest BCUT2D eigenvalue weighted by molar-refractivity contribution is 6.00. The van der Waals surface area contributed by atoms with Crippen LogP contribution in [0.4, 0.5) is 5.82 Å². The zero-order valence-corrected chi connectivity index (χ0v) is 23.9. The second-order valence-electron chi connectivity index (χ2n) is 11.0. The lowest BCUT2D eigenvalue weighted by atomic mass is 9.85. The quantitative estimate of drug-likeness (QED) is 0.303. The third-order valence-corrected chi connectivity index (χ3v) is 8.56. The fourth-order valence-electron chi connectivity index (χ4n) is 6.71. The molecule has 2 fully saturated rings. The summed E-state index contributed by atoms with van der Waals surface area (Å²) in [4.78, 5) is 36.8. The molecule has 3 N–H and O–H groups in total. The number of amides is 1. The van der Waals surface area contributed by atoms with Gasteiger partial charge < -0.3 is 25.2 Å². The number of nitrogen functional groups attached to an aromatic ring is 1. The van der Waals surface area contributed by atoms with Crippen molar-refractivity contribution in [3.05, 3.63) is 59.5 Å². The van der Waals surface area contributed by atoms with Crippen LogP contribution < -0.4 is 10.5 Å². The van der Waals surface area contributed by atoms with E-state index in [1.54, 1.807) is 26.6 Å². The SMILES string of the molecule is COCc1cc(-c2ccc(-c3cnn4c(N)c(C(C)=O)c([C@@H]5C[C@H]6CC[C@@H](C5)N6C(=O)CO)nc34)cn2)ccc1OC. The average molecular weight is 571 g/mol. The maximum atomic E-state index is 12.8. The number of methoxy groups -OCH3 is 2. The molecule has 42 heavy (non-hydrogen) atoms. The zero-order chi connectivity index (χ0) is 29.5. The highest BCUT2D eigenvalue weighted by Crippen LogP contribution is 2.44. The minimum absolute atomic E-state index is 0.0101. The molecule has 11 heteroatoms. The van der Waals surface area contributed by atoms with Crippen molar-refractivity contribution in [2.24, 2.45) is 0 Å². The maximum Gasteiger partial charge on any atom is 0.248 e. The van der Waals surface area contributed by atoms with Crippen LogP contribution in [0.5, 0.6) is 5.75 Å². The van der Waals surface area contributed by atoms with Gasteiger partial charge in [0.15, 0.2) is 11.4 Å². The molecule has 3 atom stereocenters. The molecule has 3 aromatic heterocycles. The van der Waals surface area contributed by atoms with E-state index in [9.17, 15) is 14.7 Å². The number of anilines is 1. The van der Waals surface area contributed by atoms with Crippen molar-refractivity contribution in [2.75, 3.05) is 26.6 Å². The molecule has 2 bridgehead atoms. The van der Waals surface area contributed by atoms with Gasteiger partial charge in [0, 0.05) is 53.6 Å². The molecule has 0 aliphatic carbocycles. The van der Waals surface area contributed by atoms with Gasteiger partial charge in [0.2, 0.25) is 5.91 Å². The smallest absolute Gasteiger partial charge is 0.248 e. The molecule has 4 aromatic rings. The number of carbonyl (C=O) groups is 2. The Morgan fingerprint density at radius 3 is 2.43 bits per heavy atom. The van der Waals surface area contributed by atoms with Gasteiger partial charge in [0.1, 0.15) is 18.2 Å². The Labute approximate surface area is 243 Å². The fourth-order valence-corrected chi connectivity index (χ4v) is 6.71. The Kier molecular flexibility index (Phi) is 7.38. The van der Waals surface area contributed by atoms with Crippen molar-refractivity contribution in [3.8, 4) is 28.1 Å². The number of hydrogen-bond donors (Lipinski definition) is 2. The third kappa shape index (κ3) is 4.68. The highest BCUT2D eigenvalue weighted by Gasteiger charge is 2.44. The molecular weight excluding hydrogens is 536 g/mol. The third-order valence-electron chi connectivity index (χ3n) is 8.56. The van der Waals surface area contributed by atoms with Crippen molar-refractivity contribution >= 4 is 23.2 Å². The van der Waals surface area contributed by atoms with E-state index in [0.29, 0.717) is 36.4 Å². The first-order valence-corrected chi connectivity index (χ1v) is 14.1. The van der Waals surface area contributed by atoms with Crippen LogP contribution in [0.2, 0.25) is 0 Å². The van der Waals surface area contributed by atoms with Gasteiger partial charge in [-0.25, -0.2) is 4.98 Å². The summed E-state index contributed by atoms with van der Waals surface area (Å²) >= 11 is 0. The number of aromatic nitrogens is 4. The van der Waals surface area contributed by atoms with Crippen molar-refractivity contribution in [2.45, 2.75) is 57.2 Å². The van der Waals surface area contributed by atoms with Crippen LogP contribution in [-0.2, 0) is 16.1 Å². The molecule has 11 nitrogen and oxygen atoms in total. The number of aliphatic hydroxyl groups excluding tert-OH is 1. The lowest BCUT2D eigenvalue weighted by Crippen LogP contribution is -2.47. The van der Waals surface area contributed by atoms with Crippen LogP contribution in [0, 0.1) is 0 Å². The van der Waals surface area contributed by atoms with Gasteiger partial charge in [-0.05, 0) is 56.9 Å². The van der Waals surface area contributed by atoms with E-state index < -0.39 is 6.61 Å².